The molecule has 0 heterocycles. The second-order valence-corrected chi connectivity index (χ2v) is 5.29. The number of carbonyl (C=O) groups excluding carboxylic acids is 1. The minimum atomic E-state index is -0.882. The topological polar surface area (TPSA) is 69.6 Å². The van der Waals surface area contributed by atoms with Crippen molar-refractivity contribution in [2.75, 3.05) is 11.9 Å². The van der Waals surface area contributed by atoms with Gasteiger partial charge in [0.1, 0.15) is 11.9 Å². The van der Waals surface area contributed by atoms with Crippen molar-refractivity contribution in [2.24, 2.45) is 0 Å². The van der Waals surface area contributed by atoms with E-state index in [0.29, 0.717) is 12.2 Å². The van der Waals surface area contributed by atoms with E-state index in [-0.39, 0.29) is 18.4 Å². The van der Waals surface area contributed by atoms with Crippen molar-refractivity contribution in [1.29, 1.82) is 0 Å². The maximum Gasteiger partial charge on any atom is 0.320 e. The molecular weight excluding hydrogens is 275 g/mol. The average molecular weight is 294 g/mol. The summed E-state index contributed by atoms with van der Waals surface area (Å²) in [6.45, 7) is 2.02. The van der Waals surface area contributed by atoms with Gasteiger partial charge in [0.05, 0.1) is 0 Å². The van der Waals surface area contributed by atoms with E-state index in [1.165, 1.54) is 18.2 Å². The molecule has 1 amide bonds. The number of nitrogens with one attached hydrogen (secondary N) is 1. The van der Waals surface area contributed by atoms with E-state index < -0.39 is 17.8 Å². The van der Waals surface area contributed by atoms with Crippen molar-refractivity contribution >= 4 is 17.6 Å². The lowest BCUT2D eigenvalue weighted by Crippen LogP contribution is -2.42. The summed E-state index contributed by atoms with van der Waals surface area (Å²) in [5.74, 6) is -1.54. The number of rotatable bonds is 7. The molecule has 1 fully saturated rings. The highest BCUT2D eigenvalue weighted by molar-refractivity contribution is 5.90. The van der Waals surface area contributed by atoms with Gasteiger partial charge in [-0.3, -0.25) is 14.5 Å². The van der Waals surface area contributed by atoms with Gasteiger partial charge >= 0.3 is 5.97 Å². The Bertz CT molecular complexity index is 531. The predicted molar refractivity (Wildman–Crippen MR) is 76.5 cm³/mol. The summed E-state index contributed by atoms with van der Waals surface area (Å²) in [7, 11) is 0. The fraction of sp³-hybridized carbons (Fsp3) is 0.467. The Balaban J connectivity index is 1.86. The van der Waals surface area contributed by atoms with Crippen LogP contribution in [0.15, 0.2) is 24.3 Å². The fourth-order valence-corrected chi connectivity index (χ4v) is 2.26. The SMILES string of the molecule is CC(C(=O)O)N(CCC(=O)Nc1cccc(F)c1)C1CC1. The van der Waals surface area contributed by atoms with Crippen LogP contribution in [-0.2, 0) is 9.59 Å². The summed E-state index contributed by atoms with van der Waals surface area (Å²) in [5.41, 5.74) is 0.407. The van der Waals surface area contributed by atoms with Crippen LogP contribution in [0.4, 0.5) is 10.1 Å². The molecule has 6 heteroatoms. The van der Waals surface area contributed by atoms with Crippen LogP contribution >= 0.6 is 0 Å². The van der Waals surface area contributed by atoms with Gasteiger partial charge in [-0.2, -0.15) is 0 Å². The van der Waals surface area contributed by atoms with Gasteiger partial charge in [-0.25, -0.2) is 4.39 Å². The summed E-state index contributed by atoms with van der Waals surface area (Å²) in [6.07, 6.45) is 2.14. The molecule has 1 unspecified atom stereocenters. The first kappa shape index (κ1) is 15.4. The van der Waals surface area contributed by atoms with Crippen molar-refractivity contribution in [3.63, 3.8) is 0 Å². The van der Waals surface area contributed by atoms with Crippen LogP contribution in [-0.4, -0.2) is 40.5 Å². The molecule has 1 aromatic rings. The van der Waals surface area contributed by atoms with Gasteiger partial charge < -0.3 is 10.4 Å². The highest BCUT2D eigenvalue weighted by Gasteiger charge is 2.34. The zero-order valence-corrected chi connectivity index (χ0v) is 11.9. The molecule has 0 radical (unpaired) electrons. The molecule has 1 aliphatic carbocycles. The number of hydrogen-bond donors (Lipinski definition) is 2. The third-order valence-corrected chi connectivity index (χ3v) is 3.58. The maximum atomic E-state index is 13.0. The van der Waals surface area contributed by atoms with Crippen molar-refractivity contribution in [3.05, 3.63) is 30.1 Å². The number of nitrogens with zero attached hydrogens (tertiary/aromatic N) is 1. The Morgan fingerprint density at radius 2 is 2.19 bits per heavy atom. The van der Waals surface area contributed by atoms with E-state index in [1.54, 1.807) is 13.0 Å². The highest BCUT2D eigenvalue weighted by atomic mass is 19.1. The molecule has 0 spiro atoms. The van der Waals surface area contributed by atoms with E-state index in [1.807, 2.05) is 4.90 Å². The van der Waals surface area contributed by atoms with Crippen molar-refractivity contribution < 1.29 is 19.1 Å². The van der Waals surface area contributed by atoms with E-state index in [4.69, 9.17) is 5.11 Å². The molecule has 0 saturated heterocycles. The molecule has 0 aliphatic heterocycles. The number of aliphatic carboxylic acids is 1. The molecule has 5 nitrogen and oxygen atoms in total. The van der Waals surface area contributed by atoms with Gasteiger partial charge in [-0.1, -0.05) is 6.07 Å². The zero-order chi connectivity index (χ0) is 15.4. The Morgan fingerprint density at radius 1 is 1.48 bits per heavy atom. The molecule has 0 bridgehead atoms. The van der Waals surface area contributed by atoms with Gasteiger partial charge in [-0.15, -0.1) is 0 Å². The lowest BCUT2D eigenvalue weighted by molar-refractivity contribution is -0.143. The Hall–Kier alpha value is -1.95. The first-order valence-electron chi connectivity index (χ1n) is 7.01. The molecular formula is C15H19FN2O3. The fourth-order valence-electron chi connectivity index (χ4n) is 2.26. The largest absolute Gasteiger partial charge is 0.480 e. The number of carboxylic acid groups (broad SMARTS) is 1. The number of halogens is 1. The van der Waals surface area contributed by atoms with E-state index in [0.717, 1.165) is 12.8 Å². The minimum Gasteiger partial charge on any atom is -0.480 e. The quantitative estimate of drug-likeness (QED) is 0.808. The summed E-state index contributed by atoms with van der Waals surface area (Å²) < 4.78 is 13.0. The molecule has 21 heavy (non-hydrogen) atoms. The van der Waals surface area contributed by atoms with Crippen LogP contribution in [0.25, 0.3) is 0 Å². The first-order chi connectivity index (χ1) is 9.97. The van der Waals surface area contributed by atoms with Crippen LogP contribution in [0.5, 0.6) is 0 Å². The third kappa shape index (κ3) is 4.53. The average Bonchev–Trinajstić information content (AvgIpc) is 3.23. The first-order valence-corrected chi connectivity index (χ1v) is 7.01. The lowest BCUT2D eigenvalue weighted by atomic mass is 10.2. The highest BCUT2D eigenvalue weighted by Crippen LogP contribution is 2.28. The molecule has 1 saturated carbocycles. The van der Waals surface area contributed by atoms with Crippen molar-refractivity contribution in [3.8, 4) is 0 Å². The van der Waals surface area contributed by atoms with Gasteiger partial charge in [0, 0.05) is 24.7 Å². The van der Waals surface area contributed by atoms with Gasteiger partial charge in [0.25, 0.3) is 0 Å². The molecule has 0 aromatic heterocycles. The standard InChI is InChI=1S/C15H19FN2O3/c1-10(15(20)21)18(13-5-6-13)8-7-14(19)17-12-4-2-3-11(16)9-12/h2-4,9-10,13H,5-8H2,1H3,(H,17,19)(H,20,21). The zero-order valence-electron chi connectivity index (χ0n) is 11.9. The van der Waals surface area contributed by atoms with Crippen LogP contribution in [0.2, 0.25) is 0 Å². The predicted octanol–water partition coefficient (Wildman–Crippen LogP) is 2.09. The summed E-state index contributed by atoms with van der Waals surface area (Å²) in [5, 5.41) is 11.7. The Kier molecular flexibility index (Phi) is 4.90. The Morgan fingerprint density at radius 3 is 2.76 bits per heavy atom. The third-order valence-electron chi connectivity index (χ3n) is 3.58. The monoisotopic (exact) mass is 294 g/mol. The second kappa shape index (κ2) is 6.67. The van der Waals surface area contributed by atoms with E-state index >= 15 is 0 Å². The smallest absolute Gasteiger partial charge is 0.320 e. The van der Waals surface area contributed by atoms with Crippen LogP contribution < -0.4 is 5.32 Å². The second-order valence-electron chi connectivity index (χ2n) is 5.29. The minimum absolute atomic E-state index is 0.185. The van der Waals surface area contributed by atoms with Gasteiger partial charge in [-0.05, 0) is 38.0 Å². The van der Waals surface area contributed by atoms with Crippen LogP contribution in [0, 0.1) is 5.82 Å². The van der Waals surface area contributed by atoms with Crippen molar-refractivity contribution in [2.45, 2.75) is 38.3 Å². The number of benzene rings is 1. The number of carbonyl (C=O) groups is 2. The van der Waals surface area contributed by atoms with Gasteiger partial charge in [0.2, 0.25) is 5.91 Å². The Labute approximate surface area is 122 Å². The maximum absolute atomic E-state index is 13.0. The summed E-state index contributed by atoms with van der Waals surface area (Å²) in [6, 6.07) is 5.35. The number of hydrogen-bond acceptors (Lipinski definition) is 3. The lowest BCUT2D eigenvalue weighted by Gasteiger charge is -2.25. The molecule has 2 rings (SSSR count). The van der Waals surface area contributed by atoms with Crippen molar-refractivity contribution in [1.82, 2.24) is 4.90 Å². The summed E-state index contributed by atoms with van der Waals surface area (Å²) in [4.78, 5) is 24.8. The van der Waals surface area contributed by atoms with E-state index in [2.05, 4.69) is 5.32 Å². The van der Waals surface area contributed by atoms with Crippen LogP contribution in [0.3, 0.4) is 0 Å². The molecule has 2 N–H and O–H groups in total. The molecule has 1 aliphatic rings. The number of anilines is 1. The molecule has 1 aromatic carbocycles. The van der Waals surface area contributed by atoms with Gasteiger partial charge in [0.15, 0.2) is 0 Å². The summed E-state index contributed by atoms with van der Waals surface area (Å²) >= 11 is 0. The number of amides is 1. The molecule has 1 atom stereocenters. The van der Waals surface area contributed by atoms with E-state index in [9.17, 15) is 14.0 Å². The molecule has 114 valence electrons. The number of carboxylic acids is 1. The normalized spacial score (nSPS) is 15.8. The van der Waals surface area contributed by atoms with Crippen LogP contribution in [0.1, 0.15) is 26.2 Å².